The number of carboxylic acid groups (broad SMARTS) is 1. The fraction of sp³-hybridized carbons (Fsp3) is 0.750. The molecule has 0 saturated heterocycles. The van der Waals surface area contributed by atoms with Gasteiger partial charge < -0.3 is 20.1 Å². The molecule has 0 heterocycles. The number of ether oxygens (including phenoxy) is 1. The molecular weight excluding hydrogens is 252 g/mol. The Morgan fingerprint density at radius 2 is 1.89 bits per heavy atom. The average Bonchev–Trinajstić information content (AvgIpc) is 2.34. The highest BCUT2D eigenvalue weighted by molar-refractivity contribution is 5.85. The molecule has 2 unspecified atom stereocenters. The predicted octanol–water partition coefficient (Wildman–Crippen LogP) is 0.690. The van der Waals surface area contributed by atoms with Crippen LogP contribution < -0.4 is 5.32 Å². The second-order valence-electron chi connectivity index (χ2n) is 4.31. The van der Waals surface area contributed by atoms with Gasteiger partial charge in [0.2, 0.25) is 0 Å². The summed E-state index contributed by atoms with van der Waals surface area (Å²) < 4.78 is 4.71. The first-order chi connectivity index (χ1) is 8.83. The van der Waals surface area contributed by atoms with E-state index in [1.165, 1.54) is 7.05 Å². The zero-order valence-electron chi connectivity index (χ0n) is 11.8. The number of hydrogen-bond donors (Lipinski definition) is 2. The summed E-state index contributed by atoms with van der Waals surface area (Å²) in [7, 11) is 1.40. The molecular formula is C12H22N2O5. The highest BCUT2D eigenvalue weighted by Gasteiger charge is 2.27. The van der Waals surface area contributed by atoms with Gasteiger partial charge in [0.25, 0.3) is 0 Å². The van der Waals surface area contributed by atoms with E-state index in [0.717, 1.165) is 4.90 Å². The number of hydrogen-bond acceptors (Lipinski definition) is 4. The molecule has 19 heavy (non-hydrogen) atoms. The van der Waals surface area contributed by atoms with E-state index in [-0.39, 0.29) is 19.1 Å². The molecule has 0 aliphatic rings. The molecule has 2 N–H and O–H groups in total. The molecule has 0 spiro atoms. The zero-order chi connectivity index (χ0) is 15.0. The summed E-state index contributed by atoms with van der Waals surface area (Å²) in [5, 5.41) is 11.4. The van der Waals surface area contributed by atoms with E-state index in [4.69, 9.17) is 9.84 Å². The highest BCUT2D eigenvalue weighted by Crippen LogP contribution is 2.08. The van der Waals surface area contributed by atoms with Crippen molar-refractivity contribution in [1.29, 1.82) is 0 Å². The van der Waals surface area contributed by atoms with Crippen molar-refractivity contribution >= 4 is 18.0 Å². The van der Waals surface area contributed by atoms with Crippen LogP contribution >= 0.6 is 0 Å². The summed E-state index contributed by atoms with van der Waals surface area (Å²) in [4.78, 5) is 35.1. The fourth-order valence-corrected chi connectivity index (χ4v) is 1.40. The number of amides is 2. The summed E-state index contributed by atoms with van der Waals surface area (Å²) in [6.45, 7) is 5.27. The number of nitrogens with one attached hydrogen (secondary N) is 1. The Labute approximate surface area is 112 Å². The van der Waals surface area contributed by atoms with Crippen LogP contribution in [0.5, 0.6) is 0 Å². The Bertz CT molecular complexity index is 332. The Morgan fingerprint density at radius 1 is 1.32 bits per heavy atom. The lowest BCUT2D eigenvalue weighted by Crippen LogP contribution is -2.50. The van der Waals surface area contributed by atoms with Gasteiger partial charge in [-0.15, -0.1) is 0 Å². The van der Waals surface area contributed by atoms with Crippen LogP contribution in [-0.2, 0) is 14.3 Å². The standard InChI is InChI=1S/C12H22N2O5/c1-5-8(3)10(11(16)17)13-12(18)14(4)7-9(15)19-6-2/h8,10H,5-7H2,1-4H3,(H,13,18)(H,16,17). The van der Waals surface area contributed by atoms with Gasteiger partial charge in [0.15, 0.2) is 0 Å². The second-order valence-corrected chi connectivity index (χ2v) is 4.31. The van der Waals surface area contributed by atoms with Gasteiger partial charge in [0, 0.05) is 7.05 Å². The van der Waals surface area contributed by atoms with Crippen LogP contribution in [0.15, 0.2) is 0 Å². The zero-order valence-corrected chi connectivity index (χ0v) is 11.8. The molecule has 0 aromatic rings. The SMILES string of the molecule is CCOC(=O)CN(C)C(=O)NC(C(=O)O)C(C)CC. The maximum atomic E-state index is 11.8. The topological polar surface area (TPSA) is 95.9 Å². The van der Waals surface area contributed by atoms with Crippen molar-refractivity contribution in [2.24, 2.45) is 5.92 Å². The number of nitrogens with zero attached hydrogens (tertiary/aromatic N) is 1. The molecule has 0 saturated carbocycles. The fourth-order valence-electron chi connectivity index (χ4n) is 1.40. The molecule has 7 nitrogen and oxygen atoms in total. The lowest BCUT2D eigenvalue weighted by molar-refractivity contribution is -0.143. The monoisotopic (exact) mass is 274 g/mol. The molecule has 0 bridgehead atoms. The van der Waals surface area contributed by atoms with Crippen molar-refractivity contribution in [1.82, 2.24) is 10.2 Å². The van der Waals surface area contributed by atoms with Gasteiger partial charge in [-0.2, -0.15) is 0 Å². The summed E-state index contributed by atoms with van der Waals surface area (Å²) in [5.74, 6) is -1.82. The minimum atomic E-state index is -1.09. The average molecular weight is 274 g/mol. The number of rotatable bonds is 7. The van der Waals surface area contributed by atoms with E-state index in [1.54, 1.807) is 13.8 Å². The first-order valence-electron chi connectivity index (χ1n) is 6.23. The van der Waals surface area contributed by atoms with E-state index >= 15 is 0 Å². The van der Waals surface area contributed by atoms with E-state index in [2.05, 4.69) is 5.32 Å². The lowest BCUT2D eigenvalue weighted by atomic mass is 9.99. The van der Waals surface area contributed by atoms with Gasteiger partial charge >= 0.3 is 18.0 Å². The van der Waals surface area contributed by atoms with Crippen molar-refractivity contribution in [3.8, 4) is 0 Å². The van der Waals surface area contributed by atoms with Gasteiger partial charge in [-0.1, -0.05) is 20.3 Å². The van der Waals surface area contributed by atoms with Gasteiger partial charge in [-0.3, -0.25) is 4.79 Å². The Balaban J connectivity index is 4.47. The van der Waals surface area contributed by atoms with E-state index in [1.807, 2.05) is 6.92 Å². The van der Waals surface area contributed by atoms with Gasteiger partial charge in [0.05, 0.1) is 6.61 Å². The van der Waals surface area contributed by atoms with Crippen molar-refractivity contribution in [3.63, 3.8) is 0 Å². The van der Waals surface area contributed by atoms with Crippen molar-refractivity contribution in [3.05, 3.63) is 0 Å². The molecule has 0 aliphatic carbocycles. The third-order valence-electron chi connectivity index (χ3n) is 2.78. The number of aliphatic carboxylic acids is 1. The summed E-state index contributed by atoms with van der Waals surface area (Å²) >= 11 is 0. The molecule has 0 radical (unpaired) electrons. The van der Waals surface area contributed by atoms with Crippen LogP contribution in [0.1, 0.15) is 27.2 Å². The maximum Gasteiger partial charge on any atom is 0.326 e. The molecule has 0 fully saturated rings. The molecule has 0 aliphatic heterocycles. The number of urea groups is 1. The first-order valence-corrected chi connectivity index (χ1v) is 6.23. The molecule has 0 rings (SSSR count). The molecule has 0 aromatic heterocycles. The van der Waals surface area contributed by atoms with Crippen molar-refractivity contribution in [2.75, 3.05) is 20.2 Å². The van der Waals surface area contributed by atoms with Gasteiger partial charge in [-0.25, -0.2) is 9.59 Å². The number of carbonyl (C=O) groups excluding carboxylic acids is 2. The van der Waals surface area contributed by atoms with Crippen LogP contribution in [0, 0.1) is 5.92 Å². The smallest absolute Gasteiger partial charge is 0.326 e. The molecule has 2 atom stereocenters. The van der Waals surface area contributed by atoms with Crippen LogP contribution in [0.4, 0.5) is 4.79 Å². The van der Waals surface area contributed by atoms with Crippen LogP contribution in [0.3, 0.4) is 0 Å². The lowest BCUT2D eigenvalue weighted by Gasteiger charge is -2.23. The predicted molar refractivity (Wildman–Crippen MR) is 68.7 cm³/mol. The largest absolute Gasteiger partial charge is 0.480 e. The van der Waals surface area contributed by atoms with E-state index < -0.39 is 24.0 Å². The maximum absolute atomic E-state index is 11.8. The normalized spacial score (nSPS) is 13.3. The Kier molecular flexibility index (Phi) is 7.55. The highest BCUT2D eigenvalue weighted by atomic mass is 16.5. The molecule has 2 amide bonds. The Hall–Kier alpha value is -1.79. The Morgan fingerprint density at radius 3 is 2.32 bits per heavy atom. The van der Waals surface area contributed by atoms with Gasteiger partial charge in [-0.05, 0) is 12.8 Å². The van der Waals surface area contributed by atoms with E-state index in [9.17, 15) is 14.4 Å². The van der Waals surface area contributed by atoms with Gasteiger partial charge in [0.1, 0.15) is 12.6 Å². The second kappa shape index (κ2) is 8.34. The minimum Gasteiger partial charge on any atom is -0.480 e. The number of likely N-dealkylation sites (N-methyl/N-ethyl adjacent to an activating group) is 1. The number of esters is 1. The third kappa shape index (κ3) is 6.08. The van der Waals surface area contributed by atoms with E-state index in [0.29, 0.717) is 6.42 Å². The quantitative estimate of drug-likeness (QED) is 0.666. The number of carboxylic acids is 1. The summed E-state index contributed by atoms with van der Waals surface area (Å²) in [5.41, 5.74) is 0. The summed E-state index contributed by atoms with van der Waals surface area (Å²) in [6.07, 6.45) is 0.624. The molecule has 7 heteroatoms. The first kappa shape index (κ1) is 17.2. The minimum absolute atomic E-state index is 0.197. The van der Waals surface area contributed by atoms with Crippen LogP contribution in [-0.4, -0.2) is 54.2 Å². The van der Waals surface area contributed by atoms with Crippen LogP contribution in [0.25, 0.3) is 0 Å². The summed E-state index contributed by atoms with van der Waals surface area (Å²) in [6, 6.07) is -1.58. The molecule has 110 valence electrons. The van der Waals surface area contributed by atoms with Crippen LogP contribution in [0.2, 0.25) is 0 Å². The molecule has 0 aromatic carbocycles. The third-order valence-corrected chi connectivity index (χ3v) is 2.78. The van der Waals surface area contributed by atoms with Crippen molar-refractivity contribution < 1.29 is 24.2 Å². The number of carbonyl (C=O) groups is 3. The van der Waals surface area contributed by atoms with Crippen molar-refractivity contribution in [2.45, 2.75) is 33.2 Å².